The molecule has 0 unspecified atom stereocenters. The second-order valence-electron chi connectivity index (χ2n) is 6.51. The number of benzene rings is 1. The molecule has 2 aromatic heterocycles. The summed E-state index contributed by atoms with van der Waals surface area (Å²) in [6, 6.07) is 5.20. The van der Waals surface area contributed by atoms with Crippen molar-refractivity contribution in [2.45, 2.75) is 20.3 Å². The van der Waals surface area contributed by atoms with Gasteiger partial charge in [-0.3, -0.25) is 15.1 Å². The predicted molar refractivity (Wildman–Crippen MR) is 110 cm³/mol. The Morgan fingerprint density at radius 1 is 1.48 bits per heavy atom. The molecule has 3 rings (SSSR count). The molecule has 0 amide bonds. The number of anilines is 1. The first-order valence-electron chi connectivity index (χ1n) is 9.05. The minimum atomic E-state index is -0.285. The number of ether oxygens (including phenoxy) is 1. The van der Waals surface area contributed by atoms with Crippen LogP contribution in [-0.2, 0) is 7.05 Å². The van der Waals surface area contributed by atoms with Crippen LogP contribution in [0.1, 0.15) is 19.0 Å². The van der Waals surface area contributed by atoms with E-state index in [1.807, 2.05) is 13.1 Å². The van der Waals surface area contributed by atoms with Crippen molar-refractivity contribution in [2.75, 3.05) is 19.0 Å². The molecule has 0 aliphatic rings. The fraction of sp³-hybridized carbons (Fsp3) is 0.316. The van der Waals surface area contributed by atoms with Crippen LogP contribution in [0.15, 0.2) is 23.0 Å². The zero-order valence-corrected chi connectivity index (χ0v) is 16.7. The Labute approximate surface area is 167 Å². The molecule has 0 saturated carbocycles. The second-order valence-corrected chi connectivity index (χ2v) is 6.51. The number of aromatic nitrogens is 4. The van der Waals surface area contributed by atoms with Crippen molar-refractivity contribution >= 4 is 22.7 Å². The van der Waals surface area contributed by atoms with Crippen LogP contribution in [0.2, 0.25) is 0 Å². The van der Waals surface area contributed by atoms with Crippen LogP contribution >= 0.6 is 0 Å². The van der Waals surface area contributed by atoms with Crippen LogP contribution in [0.3, 0.4) is 0 Å². The third kappa shape index (κ3) is 3.89. The number of nitrogens with zero attached hydrogens (tertiary/aromatic N) is 5. The number of nitriles is 1. The largest absolute Gasteiger partial charge is 0.493 e. The van der Waals surface area contributed by atoms with E-state index in [-0.39, 0.29) is 11.5 Å². The first-order valence-corrected chi connectivity index (χ1v) is 9.05. The lowest BCUT2D eigenvalue weighted by Gasteiger charge is -2.15. The molecule has 1 aromatic carbocycles. The molecule has 0 bridgehead atoms. The molecule has 10 nitrogen and oxygen atoms in total. The average molecular weight is 394 g/mol. The average Bonchev–Trinajstić information content (AvgIpc) is 3.00. The summed E-state index contributed by atoms with van der Waals surface area (Å²) in [4.78, 5) is 21.1. The van der Waals surface area contributed by atoms with Gasteiger partial charge < -0.3 is 15.0 Å². The van der Waals surface area contributed by atoms with Crippen LogP contribution in [0.25, 0.3) is 22.4 Å². The maximum atomic E-state index is 12.6. The van der Waals surface area contributed by atoms with Gasteiger partial charge in [-0.2, -0.15) is 10.4 Å². The highest BCUT2D eigenvalue weighted by Gasteiger charge is 2.17. The van der Waals surface area contributed by atoms with Gasteiger partial charge in [-0.25, -0.2) is 9.67 Å². The van der Waals surface area contributed by atoms with Gasteiger partial charge in [0.2, 0.25) is 5.96 Å². The Morgan fingerprint density at radius 2 is 2.24 bits per heavy atom. The Kier molecular flexibility index (Phi) is 5.50. The summed E-state index contributed by atoms with van der Waals surface area (Å²) in [5, 5.41) is 24.4. The number of aryl methyl sites for hydroxylation is 2. The van der Waals surface area contributed by atoms with Gasteiger partial charge in [-0.05, 0) is 31.5 Å². The minimum absolute atomic E-state index is 0.0835. The summed E-state index contributed by atoms with van der Waals surface area (Å²) < 4.78 is 7.39. The summed E-state index contributed by atoms with van der Waals surface area (Å²) in [6.45, 7) is 4.26. The lowest BCUT2D eigenvalue weighted by atomic mass is 10.1. The number of aromatic amines is 1. The quantitative estimate of drug-likeness (QED) is 0.261. The Balaban J connectivity index is 2.12. The maximum Gasteiger partial charge on any atom is 0.262 e. The van der Waals surface area contributed by atoms with Gasteiger partial charge in [-0.15, -0.1) is 0 Å². The SMILES string of the molecule is CCCOc1ccc(NC(=N)N(C)C#N)cc1-c1nc2c(c(C)nn2C)c(=O)[nH]1. The summed E-state index contributed by atoms with van der Waals surface area (Å²) in [5.41, 5.74) is 1.91. The fourth-order valence-corrected chi connectivity index (χ4v) is 2.87. The van der Waals surface area contributed by atoms with Crippen molar-refractivity contribution in [2.24, 2.45) is 7.05 Å². The van der Waals surface area contributed by atoms with E-state index in [1.165, 1.54) is 7.05 Å². The smallest absolute Gasteiger partial charge is 0.262 e. The molecule has 0 saturated heterocycles. The molecular weight excluding hydrogens is 372 g/mol. The summed E-state index contributed by atoms with van der Waals surface area (Å²) in [6.07, 6.45) is 2.68. The van der Waals surface area contributed by atoms with Gasteiger partial charge in [0.05, 0.1) is 17.9 Å². The molecule has 0 atom stereocenters. The lowest BCUT2D eigenvalue weighted by molar-refractivity contribution is 0.318. The minimum Gasteiger partial charge on any atom is -0.493 e. The molecule has 0 spiro atoms. The van der Waals surface area contributed by atoms with Crippen LogP contribution in [0.5, 0.6) is 5.75 Å². The zero-order chi connectivity index (χ0) is 21.1. The number of hydrogen-bond donors (Lipinski definition) is 3. The van der Waals surface area contributed by atoms with E-state index in [1.54, 1.807) is 36.9 Å². The van der Waals surface area contributed by atoms with Crippen molar-refractivity contribution in [3.8, 4) is 23.3 Å². The summed E-state index contributed by atoms with van der Waals surface area (Å²) in [7, 11) is 3.21. The van der Waals surface area contributed by atoms with Gasteiger partial charge in [0.15, 0.2) is 11.8 Å². The second kappa shape index (κ2) is 8.02. The molecule has 0 aliphatic carbocycles. The Hall–Kier alpha value is -3.87. The molecule has 3 N–H and O–H groups in total. The van der Waals surface area contributed by atoms with Gasteiger partial charge in [0.1, 0.15) is 17.0 Å². The van der Waals surface area contributed by atoms with Crippen LogP contribution in [0, 0.1) is 23.8 Å². The number of H-pyrrole nitrogens is 1. The van der Waals surface area contributed by atoms with E-state index in [0.29, 0.717) is 46.2 Å². The predicted octanol–water partition coefficient (Wildman–Crippen LogP) is 2.18. The molecule has 29 heavy (non-hydrogen) atoms. The van der Waals surface area contributed by atoms with Crippen molar-refractivity contribution in [3.05, 3.63) is 34.2 Å². The first kappa shape index (κ1) is 19.9. The number of rotatable bonds is 5. The number of hydrogen-bond acceptors (Lipinski definition) is 6. The van der Waals surface area contributed by atoms with Crippen LogP contribution < -0.4 is 15.6 Å². The van der Waals surface area contributed by atoms with E-state index in [2.05, 4.69) is 20.4 Å². The van der Waals surface area contributed by atoms with E-state index < -0.39 is 0 Å². The number of fused-ring (bicyclic) bond motifs is 1. The topological polar surface area (TPSA) is 136 Å². The summed E-state index contributed by atoms with van der Waals surface area (Å²) in [5.74, 6) is 0.805. The molecular formula is C19H22N8O2. The van der Waals surface area contributed by atoms with Crippen LogP contribution in [-0.4, -0.2) is 44.3 Å². The molecule has 0 radical (unpaired) electrons. The first-order chi connectivity index (χ1) is 13.8. The van der Waals surface area contributed by atoms with Crippen molar-refractivity contribution in [1.82, 2.24) is 24.6 Å². The molecule has 10 heteroatoms. The van der Waals surface area contributed by atoms with Crippen molar-refractivity contribution in [3.63, 3.8) is 0 Å². The van der Waals surface area contributed by atoms with E-state index in [9.17, 15) is 4.79 Å². The zero-order valence-electron chi connectivity index (χ0n) is 16.7. The third-order valence-corrected chi connectivity index (χ3v) is 4.31. The molecule has 0 fully saturated rings. The van der Waals surface area contributed by atoms with Crippen molar-refractivity contribution < 1.29 is 4.74 Å². The van der Waals surface area contributed by atoms with Gasteiger partial charge in [-0.1, -0.05) is 6.92 Å². The molecule has 2 heterocycles. The van der Waals surface area contributed by atoms with E-state index in [4.69, 9.17) is 15.4 Å². The third-order valence-electron chi connectivity index (χ3n) is 4.31. The number of nitrogens with one attached hydrogen (secondary N) is 3. The van der Waals surface area contributed by atoms with Gasteiger partial charge >= 0.3 is 0 Å². The lowest BCUT2D eigenvalue weighted by Crippen LogP contribution is -2.27. The molecule has 3 aromatic rings. The highest BCUT2D eigenvalue weighted by Crippen LogP contribution is 2.31. The van der Waals surface area contributed by atoms with Gasteiger partial charge in [0, 0.05) is 19.8 Å². The molecule has 0 aliphatic heterocycles. The monoisotopic (exact) mass is 394 g/mol. The highest BCUT2D eigenvalue weighted by atomic mass is 16.5. The highest BCUT2D eigenvalue weighted by molar-refractivity contribution is 5.93. The fourth-order valence-electron chi connectivity index (χ4n) is 2.87. The van der Waals surface area contributed by atoms with Crippen LogP contribution in [0.4, 0.5) is 5.69 Å². The molecule has 150 valence electrons. The maximum absolute atomic E-state index is 12.6. The van der Waals surface area contributed by atoms with Crippen molar-refractivity contribution in [1.29, 1.82) is 10.7 Å². The van der Waals surface area contributed by atoms with E-state index >= 15 is 0 Å². The Bertz CT molecular complexity index is 1170. The standard InChI is InChI=1S/C19H22N8O2/c1-5-8-29-14-7-6-12(22-19(21)26(3)10-20)9-13(14)16-23-17-15(18(28)24-16)11(2)25-27(17)4/h6-7,9H,5,8H2,1-4H3,(H2,21,22)(H,23,24,28). The van der Waals surface area contributed by atoms with Gasteiger partial charge in [0.25, 0.3) is 5.56 Å². The normalized spacial score (nSPS) is 10.6. The summed E-state index contributed by atoms with van der Waals surface area (Å²) >= 11 is 0. The van der Waals surface area contributed by atoms with E-state index in [0.717, 1.165) is 11.3 Å². The number of guanidine groups is 1. The Morgan fingerprint density at radius 3 is 2.93 bits per heavy atom.